The number of halogens is 5. The second kappa shape index (κ2) is 6.86. The molecule has 1 aromatic rings. The Morgan fingerprint density at radius 3 is 2.65 bits per heavy atom. The van der Waals surface area contributed by atoms with Crippen LogP contribution in [0.25, 0.3) is 0 Å². The van der Waals surface area contributed by atoms with Crippen molar-refractivity contribution in [3.05, 3.63) is 34.1 Å². The van der Waals surface area contributed by atoms with Gasteiger partial charge in [-0.15, -0.1) is 0 Å². The topological polar surface area (TPSA) is 49.4 Å². The second-order valence-electron chi connectivity index (χ2n) is 5.11. The summed E-state index contributed by atoms with van der Waals surface area (Å²) in [4.78, 5) is 25.6. The van der Waals surface area contributed by atoms with Crippen LogP contribution in [0.5, 0.6) is 0 Å². The van der Waals surface area contributed by atoms with Gasteiger partial charge in [-0.3, -0.25) is 9.59 Å². The van der Waals surface area contributed by atoms with E-state index in [1.54, 1.807) is 5.32 Å². The molecule has 1 atom stereocenters. The lowest BCUT2D eigenvalue weighted by Gasteiger charge is -2.24. The SMILES string of the molecule is O=C(NCC(F)(F)F)C1CCCN1C(=O)c1ccc(F)cc1Br. The number of hydrogen-bond donors (Lipinski definition) is 1. The molecule has 2 rings (SSSR count). The highest BCUT2D eigenvalue weighted by Gasteiger charge is 2.37. The van der Waals surface area contributed by atoms with Gasteiger partial charge in [0.05, 0.1) is 5.56 Å². The summed E-state index contributed by atoms with van der Waals surface area (Å²) in [6, 6.07) is 2.53. The van der Waals surface area contributed by atoms with E-state index < -0.39 is 36.4 Å². The zero-order valence-corrected chi connectivity index (χ0v) is 13.4. The molecular weight excluding hydrogens is 384 g/mol. The molecule has 1 unspecified atom stereocenters. The van der Waals surface area contributed by atoms with Crippen LogP contribution in [-0.4, -0.2) is 42.0 Å². The van der Waals surface area contributed by atoms with Gasteiger partial charge in [0.1, 0.15) is 18.4 Å². The minimum atomic E-state index is -4.51. The third-order valence-corrected chi connectivity index (χ3v) is 4.10. The third-order valence-electron chi connectivity index (χ3n) is 3.44. The normalized spacial score (nSPS) is 18.1. The summed E-state index contributed by atoms with van der Waals surface area (Å²) >= 11 is 3.07. The van der Waals surface area contributed by atoms with E-state index in [9.17, 15) is 27.2 Å². The Morgan fingerprint density at radius 2 is 2.04 bits per heavy atom. The van der Waals surface area contributed by atoms with E-state index in [0.717, 1.165) is 12.1 Å². The van der Waals surface area contributed by atoms with Crippen molar-refractivity contribution in [3.63, 3.8) is 0 Å². The predicted molar refractivity (Wildman–Crippen MR) is 77.2 cm³/mol. The highest BCUT2D eigenvalue weighted by molar-refractivity contribution is 9.10. The number of hydrogen-bond acceptors (Lipinski definition) is 2. The fourth-order valence-corrected chi connectivity index (χ4v) is 2.93. The summed E-state index contributed by atoms with van der Waals surface area (Å²) in [6.45, 7) is -1.18. The van der Waals surface area contributed by atoms with E-state index in [-0.39, 0.29) is 23.0 Å². The van der Waals surface area contributed by atoms with Gasteiger partial charge in [0.25, 0.3) is 5.91 Å². The zero-order valence-electron chi connectivity index (χ0n) is 11.8. The Bertz CT molecular complexity index is 621. The molecule has 4 nitrogen and oxygen atoms in total. The van der Waals surface area contributed by atoms with Gasteiger partial charge in [0.2, 0.25) is 5.91 Å². The molecule has 1 N–H and O–H groups in total. The summed E-state index contributed by atoms with van der Waals surface area (Å²) in [6.07, 6.45) is -3.72. The zero-order chi connectivity index (χ0) is 17.2. The molecule has 23 heavy (non-hydrogen) atoms. The van der Waals surface area contributed by atoms with Gasteiger partial charge in [-0.25, -0.2) is 4.39 Å². The van der Waals surface area contributed by atoms with Crippen molar-refractivity contribution in [2.24, 2.45) is 0 Å². The van der Waals surface area contributed by atoms with Crippen molar-refractivity contribution in [1.82, 2.24) is 10.2 Å². The third kappa shape index (κ3) is 4.43. The number of carbonyl (C=O) groups excluding carboxylic acids is 2. The first-order valence-electron chi connectivity index (χ1n) is 6.79. The van der Waals surface area contributed by atoms with E-state index in [1.165, 1.54) is 11.0 Å². The smallest absolute Gasteiger partial charge is 0.345 e. The first-order valence-corrected chi connectivity index (χ1v) is 7.59. The van der Waals surface area contributed by atoms with Gasteiger partial charge in [0, 0.05) is 11.0 Å². The lowest BCUT2D eigenvalue weighted by Crippen LogP contribution is -2.48. The van der Waals surface area contributed by atoms with Crippen LogP contribution in [0, 0.1) is 5.82 Å². The molecule has 2 amide bonds. The minimum Gasteiger partial charge on any atom is -0.345 e. The van der Waals surface area contributed by atoms with E-state index in [2.05, 4.69) is 15.9 Å². The van der Waals surface area contributed by atoms with Gasteiger partial charge < -0.3 is 10.2 Å². The standard InChI is InChI=1S/C14H13BrF4N2O2/c15-10-6-8(16)3-4-9(10)13(23)21-5-1-2-11(21)12(22)20-7-14(17,18)19/h3-4,6,11H,1-2,5,7H2,(H,20,22). The molecule has 1 heterocycles. The first kappa shape index (κ1) is 17.7. The van der Waals surface area contributed by atoms with Crippen LogP contribution in [0.4, 0.5) is 17.6 Å². The Labute approximate surface area is 138 Å². The minimum absolute atomic E-state index is 0.155. The molecule has 1 aliphatic heterocycles. The Hall–Kier alpha value is -1.64. The Kier molecular flexibility index (Phi) is 5.28. The van der Waals surface area contributed by atoms with Crippen LogP contribution in [0.3, 0.4) is 0 Å². The van der Waals surface area contributed by atoms with Crippen molar-refractivity contribution < 1.29 is 27.2 Å². The summed E-state index contributed by atoms with van der Waals surface area (Å²) in [5.41, 5.74) is 0.155. The molecule has 1 aromatic carbocycles. The fourth-order valence-electron chi connectivity index (χ4n) is 2.41. The number of alkyl halides is 3. The number of amides is 2. The molecule has 9 heteroatoms. The average molecular weight is 397 g/mol. The molecule has 1 saturated heterocycles. The van der Waals surface area contributed by atoms with Gasteiger partial charge in [-0.2, -0.15) is 13.2 Å². The lowest BCUT2D eigenvalue weighted by atomic mass is 10.1. The first-order chi connectivity index (χ1) is 10.7. The molecule has 126 valence electrons. The van der Waals surface area contributed by atoms with Crippen molar-refractivity contribution in [1.29, 1.82) is 0 Å². The molecule has 0 aliphatic carbocycles. The quantitative estimate of drug-likeness (QED) is 0.798. The van der Waals surface area contributed by atoms with Crippen LogP contribution >= 0.6 is 15.9 Å². The second-order valence-corrected chi connectivity index (χ2v) is 5.97. The molecule has 0 bridgehead atoms. The molecule has 1 aliphatic rings. The summed E-state index contributed by atoms with van der Waals surface area (Å²) in [7, 11) is 0. The summed E-state index contributed by atoms with van der Waals surface area (Å²) in [5.74, 6) is -1.90. The molecule has 0 radical (unpaired) electrons. The number of rotatable bonds is 3. The fraction of sp³-hybridized carbons (Fsp3) is 0.429. The summed E-state index contributed by atoms with van der Waals surface area (Å²) < 4.78 is 49.8. The number of benzene rings is 1. The van der Waals surface area contributed by atoms with Gasteiger partial charge in [0.15, 0.2) is 0 Å². The molecule has 1 fully saturated rings. The van der Waals surface area contributed by atoms with Crippen LogP contribution < -0.4 is 5.32 Å². The van der Waals surface area contributed by atoms with Crippen molar-refractivity contribution >= 4 is 27.7 Å². The Morgan fingerprint density at radius 1 is 1.35 bits per heavy atom. The van der Waals surface area contributed by atoms with Gasteiger partial charge in [-0.1, -0.05) is 0 Å². The molecule has 0 spiro atoms. The van der Waals surface area contributed by atoms with E-state index >= 15 is 0 Å². The van der Waals surface area contributed by atoms with Crippen LogP contribution in [0.15, 0.2) is 22.7 Å². The predicted octanol–water partition coefficient (Wildman–Crippen LogP) is 2.87. The van der Waals surface area contributed by atoms with E-state index in [4.69, 9.17) is 0 Å². The van der Waals surface area contributed by atoms with Crippen LogP contribution in [0.2, 0.25) is 0 Å². The van der Waals surface area contributed by atoms with Crippen molar-refractivity contribution in [3.8, 4) is 0 Å². The molecule has 0 aromatic heterocycles. The average Bonchev–Trinajstić information content (AvgIpc) is 2.92. The van der Waals surface area contributed by atoms with E-state index in [1.807, 2.05) is 0 Å². The lowest BCUT2D eigenvalue weighted by molar-refractivity contribution is -0.140. The Balaban J connectivity index is 2.11. The van der Waals surface area contributed by atoms with Crippen molar-refractivity contribution in [2.45, 2.75) is 25.1 Å². The number of likely N-dealkylation sites (tertiary alicyclic amines) is 1. The molecule has 0 saturated carbocycles. The van der Waals surface area contributed by atoms with Crippen molar-refractivity contribution in [2.75, 3.05) is 13.1 Å². The maximum absolute atomic E-state index is 13.1. The van der Waals surface area contributed by atoms with Gasteiger partial charge >= 0.3 is 6.18 Å². The monoisotopic (exact) mass is 396 g/mol. The number of nitrogens with zero attached hydrogens (tertiary/aromatic N) is 1. The largest absolute Gasteiger partial charge is 0.405 e. The van der Waals surface area contributed by atoms with Gasteiger partial charge in [-0.05, 0) is 47.0 Å². The highest BCUT2D eigenvalue weighted by Crippen LogP contribution is 2.25. The van der Waals surface area contributed by atoms with E-state index in [0.29, 0.717) is 6.42 Å². The highest BCUT2D eigenvalue weighted by atomic mass is 79.9. The van der Waals surface area contributed by atoms with Crippen LogP contribution in [0.1, 0.15) is 23.2 Å². The maximum Gasteiger partial charge on any atom is 0.405 e. The summed E-state index contributed by atoms with van der Waals surface area (Å²) in [5, 5.41) is 1.80. The number of carbonyl (C=O) groups is 2. The number of nitrogens with one attached hydrogen (secondary N) is 1. The maximum atomic E-state index is 13.1. The van der Waals surface area contributed by atoms with Crippen LogP contribution in [-0.2, 0) is 4.79 Å². The molecular formula is C14H13BrF4N2O2.